The third-order valence-corrected chi connectivity index (χ3v) is 12.6. The quantitative estimate of drug-likeness (QED) is 0.179. The van der Waals surface area contributed by atoms with Crippen LogP contribution in [0.3, 0.4) is 0 Å². The Morgan fingerprint density at radius 1 is 0.672 bits per heavy atom. The van der Waals surface area contributed by atoms with E-state index in [0.29, 0.717) is 11.4 Å². The fourth-order valence-electron chi connectivity index (χ4n) is 8.13. The minimum atomic E-state index is -0.310. The second kappa shape index (κ2) is 14.1. The molecular weight excluding hydrogens is 912 g/mol. The minimum absolute atomic E-state index is 0. The topological polar surface area (TPSA) is 55.4 Å². The van der Waals surface area contributed by atoms with Gasteiger partial charge in [-0.1, -0.05) is 135 Å². The summed E-state index contributed by atoms with van der Waals surface area (Å²) in [5.41, 5.74) is 13.7. The molecule has 0 fully saturated rings. The van der Waals surface area contributed by atoms with Gasteiger partial charge in [0.25, 0.3) is 0 Å². The maximum absolute atomic E-state index is 12.4. The molecule has 0 bridgehead atoms. The van der Waals surface area contributed by atoms with Gasteiger partial charge in [0.05, 0.1) is 33.1 Å². The summed E-state index contributed by atoms with van der Waals surface area (Å²) >= 11 is 1.77. The number of imidazole rings is 1. The molecular formula is C51H49N4OPtS-. The first-order valence-corrected chi connectivity index (χ1v) is 20.6. The van der Waals surface area contributed by atoms with E-state index in [4.69, 9.17) is 9.97 Å². The molecule has 1 aliphatic heterocycles. The van der Waals surface area contributed by atoms with E-state index in [1.165, 1.54) is 16.0 Å². The molecule has 5 aromatic carbocycles. The predicted molar refractivity (Wildman–Crippen MR) is 237 cm³/mol. The predicted octanol–water partition coefficient (Wildman–Crippen LogP) is 13.5. The van der Waals surface area contributed by atoms with E-state index in [-0.39, 0.29) is 43.1 Å². The van der Waals surface area contributed by atoms with Crippen molar-refractivity contribution < 1.29 is 26.2 Å². The van der Waals surface area contributed by atoms with Gasteiger partial charge >= 0.3 is 0 Å². The zero-order chi connectivity index (χ0) is 40.2. The molecule has 0 radical (unpaired) electrons. The number of rotatable bonds is 4. The maximum Gasteiger partial charge on any atom is 0.148 e. The third kappa shape index (κ3) is 6.63. The van der Waals surface area contributed by atoms with Gasteiger partial charge < -0.3 is 9.51 Å². The van der Waals surface area contributed by atoms with Crippen molar-refractivity contribution in [1.82, 2.24) is 18.9 Å². The Balaban J connectivity index is 0.00000469. The van der Waals surface area contributed by atoms with Crippen LogP contribution in [0.4, 0.5) is 0 Å². The van der Waals surface area contributed by atoms with Gasteiger partial charge in [0.2, 0.25) is 0 Å². The Labute approximate surface area is 360 Å². The fraction of sp³-hybridized carbons (Fsp3) is 0.255. The maximum atomic E-state index is 12.4. The Kier molecular flexibility index (Phi) is 9.72. The Morgan fingerprint density at radius 2 is 1.40 bits per heavy atom. The normalized spacial score (nSPS) is 12.9. The molecule has 1 aliphatic rings. The first kappa shape index (κ1) is 39.9. The van der Waals surface area contributed by atoms with E-state index in [2.05, 4.69) is 187 Å². The first-order valence-electron chi connectivity index (χ1n) is 19.8. The van der Waals surface area contributed by atoms with E-state index < -0.39 is 0 Å². The molecule has 4 heterocycles. The molecule has 58 heavy (non-hydrogen) atoms. The monoisotopic (exact) mass is 960 g/mol. The van der Waals surface area contributed by atoms with Crippen molar-refractivity contribution >= 4 is 28.3 Å². The molecule has 0 aliphatic carbocycles. The summed E-state index contributed by atoms with van der Waals surface area (Å²) in [6.07, 6.45) is 1.89. The number of nitrogens with zero attached hydrogens (tertiary/aromatic N) is 4. The molecule has 9 rings (SSSR count). The van der Waals surface area contributed by atoms with Gasteiger partial charge in [0.1, 0.15) is 11.6 Å². The summed E-state index contributed by atoms with van der Waals surface area (Å²) in [5.74, 6) is 1.85. The standard InChI is InChI=1S/C51H49N4OS.Pt/c1-30-25-32(26-39-46(30)57-43-22-20-35-23-24-52-47(39)54(35)43)36-17-14-18-42-44(36)53-48(38-28-34(50(5,6)7)29-40(45(38)56)51(8,9)10)55(42)41-21-19-33(49(2,3)4)27-37(41)31-15-12-11-13-16-31;/h11-25,27-29,56H,1-10H3;/q-1;. The van der Waals surface area contributed by atoms with E-state index in [9.17, 15) is 5.11 Å². The largest absolute Gasteiger partial charge is 0.507 e. The molecule has 8 aromatic rings. The van der Waals surface area contributed by atoms with Crippen molar-refractivity contribution in [2.45, 2.75) is 95.4 Å². The third-order valence-electron chi connectivity index (χ3n) is 11.4. The van der Waals surface area contributed by atoms with Crippen molar-refractivity contribution in [1.29, 1.82) is 0 Å². The van der Waals surface area contributed by atoms with Gasteiger partial charge in [0, 0.05) is 43.9 Å². The Bertz CT molecular complexity index is 2900. The second-order valence-electron chi connectivity index (χ2n) is 18.6. The van der Waals surface area contributed by atoms with Gasteiger partial charge in [0.15, 0.2) is 0 Å². The number of fused-ring (bicyclic) bond motifs is 3. The van der Waals surface area contributed by atoms with Gasteiger partial charge in [-0.3, -0.25) is 9.55 Å². The number of hydrogen-bond acceptors (Lipinski definition) is 4. The summed E-state index contributed by atoms with van der Waals surface area (Å²) < 4.78 is 4.50. The number of phenols is 1. The Morgan fingerprint density at radius 3 is 2.10 bits per heavy atom. The molecule has 0 unspecified atom stereocenters. The van der Waals surface area contributed by atoms with Crippen LogP contribution in [0.25, 0.3) is 67.3 Å². The smallest absolute Gasteiger partial charge is 0.148 e. The van der Waals surface area contributed by atoms with E-state index >= 15 is 0 Å². The number of benzene rings is 5. The summed E-state index contributed by atoms with van der Waals surface area (Å²) in [6, 6.07) is 40.6. The molecule has 1 N–H and O–H groups in total. The summed E-state index contributed by atoms with van der Waals surface area (Å²) in [6.45, 7) is 22.1. The molecule has 5 nitrogen and oxygen atoms in total. The van der Waals surface area contributed by atoms with Crippen molar-refractivity contribution in [3.63, 3.8) is 0 Å². The van der Waals surface area contributed by atoms with Crippen LogP contribution < -0.4 is 0 Å². The number of aromatic hydroxyl groups is 1. The molecule has 0 amide bonds. The van der Waals surface area contributed by atoms with Crippen molar-refractivity contribution in [2.75, 3.05) is 0 Å². The summed E-state index contributed by atoms with van der Waals surface area (Å²) in [7, 11) is 0. The average Bonchev–Trinajstić information content (AvgIpc) is 3.76. The van der Waals surface area contributed by atoms with Crippen LogP contribution in [-0.4, -0.2) is 24.0 Å². The summed E-state index contributed by atoms with van der Waals surface area (Å²) in [5, 5.41) is 13.6. The number of para-hydroxylation sites is 1. The van der Waals surface area contributed by atoms with Gasteiger partial charge in [-0.15, -0.1) is 35.0 Å². The number of hydrogen-bond donors (Lipinski definition) is 1. The van der Waals surface area contributed by atoms with Crippen molar-refractivity contribution in [3.8, 4) is 56.5 Å². The molecule has 0 saturated carbocycles. The van der Waals surface area contributed by atoms with Crippen LogP contribution in [0, 0.1) is 13.0 Å². The Hall–Kier alpha value is -4.90. The van der Waals surface area contributed by atoms with E-state index in [1.807, 2.05) is 6.20 Å². The zero-order valence-corrected chi connectivity index (χ0v) is 37.9. The second-order valence-corrected chi connectivity index (χ2v) is 19.6. The van der Waals surface area contributed by atoms with Crippen LogP contribution in [0.15, 0.2) is 119 Å². The van der Waals surface area contributed by atoms with Crippen LogP contribution in [0.1, 0.15) is 84.6 Å². The van der Waals surface area contributed by atoms with Crippen LogP contribution in [-0.2, 0) is 37.3 Å². The minimum Gasteiger partial charge on any atom is -0.507 e. The number of aromatic nitrogens is 4. The number of aryl methyl sites for hydroxylation is 1. The molecule has 0 saturated heterocycles. The van der Waals surface area contributed by atoms with Crippen LogP contribution in [0.5, 0.6) is 5.75 Å². The average molecular weight is 961 g/mol. The first-order chi connectivity index (χ1) is 27.0. The molecule has 3 aromatic heterocycles. The molecule has 296 valence electrons. The van der Waals surface area contributed by atoms with Gasteiger partial charge in [-0.05, 0) is 80.3 Å². The van der Waals surface area contributed by atoms with E-state index in [0.717, 1.165) is 72.0 Å². The molecule has 0 atom stereocenters. The van der Waals surface area contributed by atoms with E-state index in [1.54, 1.807) is 11.8 Å². The van der Waals surface area contributed by atoms with Crippen molar-refractivity contribution in [2.24, 2.45) is 0 Å². The van der Waals surface area contributed by atoms with Crippen LogP contribution in [0.2, 0.25) is 0 Å². The number of phenolic OH excluding ortho intramolecular Hbond substituents is 1. The molecule has 7 heteroatoms. The zero-order valence-electron chi connectivity index (χ0n) is 34.9. The molecule has 0 spiro atoms. The fourth-order valence-corrected chi connectivity index (χ4v) is 9.22. The summed E-state index contributed by atoms with van der Waals surface area (Å²) in [4.78, 5) is 11.7. The van der Waals surface area contributed by atoms with Crippen molar-refractivity contribution in [3.05, 3.63) is 138 Å². The van der Waals surface area contributed by atoms with Gasteiger partial charge in [-0.25, -0.2) is 4.98 Å². The SMILES string of the molecule is Cc1cc(-c2cccc3c2nc(-c2cc(C(C)(C)C)cc(C(C)(C)C)c2O)n3-c2ccc(C(C)(C)C)cc2-c2ccccc2)[c-]c2c1Sc1ccc3ccnc-2n13.[Pt]. The van der Waals surface area contributed by atoms with Gasteiger partial charge in [-0.2, -0.15) is 0 Å². The van der Waals surface area contributed by atoms with Crippen LogP contribution >= 0.6 is 11.8 Å².